The molecule has 0 aromatic carbocycles. The predicted molar refractivity (Wildman–Crippen MR) is 130 cm³/mol. The SMILES string of the molecule is CCNC(=NCc1ccnc(OCC2CC2)c1)NC1CCN(S(=O)(=O)CC)CC1.I. The molecule has 2 aliphatic rings. The van der Waals surface area contributed by atoms with Gasteiger partial charge in [0.15, 0.2) is 5.96 Å². The van der Waals surface area contributed by atoms with Gasteiger partial charge in [-0.1, -0.05) is 0 Å². The molecule has 0 amide bonds. The van der Waals surface area contributed by atoms with Crippen molar-refractivity contribution in [3.63, 3.8) is 0 Å². The van der Waals surface area contributed by atoms with Gasteiger partial charge < -0.3 is 15.4 Å². The number of ether oxygens (including phenoxy) is 1. The Kier molecular flexibility index (Phi) is 10.1. The Morgan fingerprint density at radius 3 is 2.63 bits per heavy atom. The van der Waals surface area contributed by atoms with Crippen molar-refractivity contribution in [2.75, 3.05) is 32.0 Å². The van der Waals surface area contributed by atoms with Gasteiger partial charge in [0.25, 0.3) is 0 Å². The quantitative estimate of drug-likeness (QED) is 0.278. The zero-order valence-electron chi connectivity index (χ0n) is 17.8. The van der Waals surface area contributed by atoms with Crippen LogP contribution in [0.25, 0.3) is 0 Å². The van der Waals surface area contributed by atoms with Crippen LogP contribution in [0.15, 0.2) is 23.3 Å². The van der Waals surface area contributed by atoms with Gasteiger partial charge in [0.1, 0.15) is 0 Å². The molecule has 2 N–H and O–H groups in total. The lowest BCUT2D eigenvalue weighted by Crippen LogP contribution is -2.50. The van der Waals surface area contributed by atoms with Gasteiger partial charge in [0.2, 0.25) is 15.9 Å². The van der Waals surface area contributed by atoms with E-state index in [4.69, 9.17) is 4.74 Å². The summed E-state index contributed by atoms with van der Waals surface area (Å²) in [7, 11) is -3.10. The van der Waals surface area contributed by atoms with Crippen LogP contribution in [0.3, 0.4) is 0 Å². The molecule has 2 heterocycles. The van der Waals surface area contributed by atoms with Crippen LogP contribution in [0.2, 0.25) is 0 Å². The summed E-state index contributed by atoms with van der Waals surface area (Å²) in [4.78, 5) is 8.96. The van der Waals surface area contributed by atoms with Crippen LogP contribution in [0.4, 0.5) is 0 Å². The fourth-order valence-corrected chi connectivity index (χ4v) is 4.39. The first kappa shape index (κ1) is 25.1. The highest BCUT2D eigenvalue weighted by Crippen LogP contribution is 2.29. The number of guanidine groups is 1. The van der Waals surface area contributed by atoms with Crippen molar-refractivity contribution in [2.24, 2.45) is 10.9 Å². The third-order valence-electron chi connectivity index (χ3n) is 5.28. The number of nitrogens with zero attached hydrogens (tertiary/aromatic N) is 3. The standard InChI is InChI=1S/C20H33N5O3S.HI/c1-3-21-20(24-18-8-11-25(12-9-18)29(26,27)4-2)23-14-17-7-10-22-19(13-17)28-15-16-5-6-16;/h7,10,13,16,18H,3-6,8-9,11-12,14-15H2,1-2H3,(H2,21,23,24);1H. The highest BCUT2D eigenvalue weighted by molar-refractivity contribution is 14.0. The number of hydrogen-bond acceptors (Lipinski definition) is 5. The van der Waals surface area contributed by atoms with E-state index in [0.29, 0.717) is 31.4 Å². The number of aromatic nitrogens is 1. The van der Waals surface area contributed by atoms with Crippen molar-refractivity contribution >= 4 is 40.0 Å². The molecule has 10 heteroatoms. The summed E-state index contributed by atoms with van der Waals surface area (Å²) in [6, 6.07) is 4.11. The van der Waals surface area contributed by atoms with Gasteiger partial charge in [0.05, 0.1) is 18.9 Å². The highest BCUT2D eigenvalue weighted by Gasteiger charge is 2.27. The van der Waals surface area contributed by atoms with E-state index >= 15 is 0 Å². The number of pyridine rings is 1. The number of piperidine rings is 1. The normalized spacial score (nSPS) is 18.5. The second-order valence-corrected chi connectivity index (χ2v) is 9.93. The molecule has 0 spiro atoms. The van der Waals surface area contributed by atoms with Gasteiger partial charge in [-0.2, -0.15) is 0 Å². The molecule has 1 aromatic heterocycles. The average Bonchev–Trinajstić information content (AvgIpc) is 3.56. The van der Waals surface area contributed by atoms with E-state index in [9.17, 15) is 8.42 Å². The monoisotopic (exact) mass is 551 g/mol. The molecule has 0 radical (unpaired) electrons. The fraction of sp³-hybridized carbons (Fsp3) is 0.700. The Morgan fingerprint density at radius 2 is 2.00 bits per heavy atom. The summed E-state index contributed by atoms with van der Waals surface area (Å²) < 4.78 is 31.4. The lowest BCUT2D eigenvalue weighted by molar-refractivity contribution is 0.288. The smallest absolute Gasteiger partial charge is 0.213 e. The molecule has 0 bridgehead atoms. The zero-order valence-corrected chi connectivity index (χ0v) is 21.0. The number of aliphatic imine (C=N–C) groups is 1. The molecular formula is C20H34IN5O3S. The van der Waals surface area contributed by atoms with Crippen molar-refractivity contribution in [3.05, 3.63) is 23.9 Å². The lowest BCUT2D eigenvalue weighted by atomic mass is 10.1. The number of sulfonamides is 1. The number of halogens is 1. The van der Waals surface area contributed by atoms with Crippen molar-refractivity contribution in [1.29, 1.82) is 0 Å². The molecule has 1 aromatic rings. The van der Waals surface area contributed by atoms with Crippen LogP contribution >= 0.6 is 24.0 Å². The van der Waals surface area contributed by atoms with Gasteiger partial charge in [0, 0.05) is 37.9 Å². The van der Waals surface area contributed by atoms with Crippen LogP contribution < -0.4 is 15.4 Å². The Hall–Kier alpha value is -1.14. The second kappa shape index (κ2) is 12.0. The minimum absolute atomic E-state index is 0. The largest absolute Gasteiger partial charge is 0.477 e. The van der Waals surface area contributed by atoms with E-state index in [1.165, 1.54) is 12.8 Å². The highest BCUT2D eigenvalue weighted by atomic mass is 127. The molecule has 3 rings (SSSR count). The van der Waals surface area contributed by atoms with Crippen LogP contribution in [-0.2, 0) is 16.6 Å². The van der Waals surface area contributed by atoms with Crippen molar-refractivity contribution < 1.29 is 13.2 Å². The van der Waals surface area contributed by atoms with Gasteiger partial charge in [-0.15, -0.1) is 24.0 Å². The average molecular weight is 551 g/mol. The zero-order chi connectivity index (χ0) is 20.7. The number of rotatable bonds is 9. The van der Waals surface area contributed by atoms with Gasteiger partial charge in [-0.05, 0) is 57.1 Å². The van der Waals surface area contributed by atoms with Gasteiger partial charge >= 0.3 is 0 Å². The fourth-order valence-electron chi connectivity index (χ4n) is 3.26. The molecule has 0 atom stereocenters. The molecule has 8 nitrogen and oxygen atoms in total. The summed E-state index contributed by atoms with van der Waals surface area (Å²) >= 11 is 0. The maximum atomic E-state index is 12.0. The van der Waals surface area contributed by atoms with E-state index < -0.39 is 10.0 Å². The summed E-state index contributed by atoms with van der Waals surface area (Å²) in [6.07, 6.45) is 5.82. The van der Waals surface area contributed by atoms with Crippen LogP contribution in [0.5, 0.6) is 5.88 Å². The van der Waals surface area contributed by atoms with Crippen molar-refractivity contribution in [2.45, 2.75) is 52.1 Å². The first-order valence-electron chi connectivity index (χ1n) is 10.6. The van der Waals surface area contributed by atoms with E-state index in [2.05, 4.69) is 20.6 Å². The molecule has 2 fully saturated rings. The minimum Gasteiger partial charge on any atom is -0.477 e. The third-order valence-corrected chi connectivity index (χ3v) is 7.16. The van der Waals surface area contributed by atoms with Crippen LogP contribution in [0, 0.1) is 5.92 Å². The Bertz CT molecular complexity index is 793. The maximum absolute atomic E-state index is 12.0. The molecule has 170 valence electrons. The molecule has 1 saturated heterocycles. The van der Waals surface area contributed by atoms with E-state index in [-0.39, 0.29) is 35.8 Å². The molecule has 0 unspecified atom stereocenters. The predicted octanol–water partition coefficient (Wildman–Crippen LogP) is 2.36. The number of nitrogens with one attached hydrogen (secondary N) is 2. The topological polar surface area (TPSA) is 95.9 Å². The Morgan fingerprint density at radius 1 is 1.27 bits per heavy atom. The van der Waals surface area contributed by atoms with Crippen LogP contribution in [-0.4, -0.2) is 61.7 Å². The molecule has 1 aliphatic heterocycles. The molecule has 1 aliphatic carbocycles. The van der Waals surface area contributed by atoms with Gasteiger partial charge in [-0.3, -0.25) is 0 Å². The summed E-state index contributed by atoms with van der Waals surface area (Å²) in [6.45, 7) is 6.87. The molecule has 1 saturated carbocycles. The van der Waals surface area contributed by atoms with Crippen molar-refractivity contribution in [3.8, 4) is 5.88 Å². The first-order chi connectivity index (χ1) is 14.0. The Balaban J connectivity index is 0.00000320. The van der Waals surface area contributed by atoms with Crippen molar-refractivity contribution in [1.82, 2.24) is 19.9 Å². The van der Waals surface area contributed by atoms with Gasteiger partial charge in [-0.25, -0.2) is 22.7 Å². The summed E-state index contributed by atoms with van der Waals surface area (Å²) in [5, 5.41) is 6.73. The van der Waals surface area contributed by atoms with E-state index in [1.807, 2.05) is 19.1 Å². The summed E-state index contributed by atoms with van der Waals surface area (Å²) in [5.74, 6) is 2.27. The Labute approximate surface area is 197 Å². The number of hydrogen-bond donors (Lipinski definition) is 2. The maximum Gasteiger partial charge on any atom is 0.213 e. The second-order valence-electron chi connectivity index (χ2n) is 7.67. The molecular weight excluding hydrogens is 517 g/mol. The van der Waals surface area contributed by atoms with E-state index in [0.717, 1.165) is 37.5 Å². The lowest BCUT2D eigenvalue weighted by Gasteiger charge is -2.32. The van der Waals surface area contributed by atoms with E-state index in [1.54, 1.807) is 17.4 Å². The third kappa shape index (κ3) is 7.84. The first-order valence-corrected chi connectivity index (χ1v) is 12.2. The molecule has 30 heavy (non-hydrogen) atoms. The summed E-state index contributed by atoms with van der Waals surface area (Å²) in [5.41, 5.74) is 1.05. The van der Waals surface area contributed by atoms with Crippen LogP contribution in [0.1, 0.15) is 45.1 Å². The minimum atomic E-state index is -3.10.